The van der Waals surface area contributed by atoms with Gasteiger partial charge in [-0.2, -0.15) is 0 Å². The van der Waals surface area contributed by atoms with E-state index in [-0.39, 0.29) is 6.61 Å². The molecule has 1 unspecified atom stereocenters. The molecule has 86 valence electrons. The maximum absolute atomic E-state index is 10.3. The van der Waals surface area contributed by atoms with Gasteiger partial charge in [-0.3, -0.25) is 0 Å². The molecule has 0 amide bonds. The minimum Gasteiger partial charge on any atom is -0.394 e. The molecule has 0 aromatic heterocycles. The second-order valence-electron chi connectivity index (χ2n) is 4.32. The van der Waals surface area contributed by atoms with Crippen LogP contribution in [-0.4, -0.2) is 46.7 Å². The van der Waals surface area contributed by atoms with E-state index in [1.54, 1.807) is 13.8 Å². The van der Waals surface area contributed by atoms with Gasteiger partial charge >= 0.3 is 0 Å². The first-order valence-corrected chi connectivity index (χ1v) is 4.91. The quantitative estimate of drug-likeness (QED) is 0.624. The van der Waals surface area contributed by atoms with E-state index >= 15 is 0 Å². The monoisotopic (exact) mass is 216 g/mol. The molecule has 5 nitrogen and oxygen atoms in total. The van der Waals surface area contributed by atoms with Crippen molar-refractivity contribution in [1.29, 1.82) is 0 Å². The van der Waals surface area contributed by atoms with E-state index in [0.717, 1.165) is 0 Å². The molecular formula is C10H16O5. The van der Waals surface area contributed by atoms with Gasteiger partial charge in [0.2, 0.25) is 0 Å². The second-order valence-corrected chi connectivity index (χ2v) is 4.32. The third kappa shape index (κ3) is 1.51. The maximum atomic E-state index is 10.3. The Bertz CT molecular complexity index is 277. The molecule has 0 aliphatic carbocycles. The third-order valence-electron chi connectivity index (χ3n) is 2.82. The van der Waals surface area contributed by atoms with Gasteiger partial charge in [0.15, 0.2) is 12.1 Å². The molecule has 4 atom stereocenters. The lowest BCUT2D eigenvalue weighted by Crippen LogP contribution is -2.48. The van der Waals surface area contributed by atoms with Crippen LogP contribution >= 0.6 is 0 Å². The molecule has 0 bridgehead atoms. The molecule has 0 aromatic rings. The molecule has 0 aromatic carbocycles. The van der Waals surface area contributed by atoms with Gasteiger partial charge in [0.25, 0.3) is 0 Å². The maximum Gasteiger partial charge on any atom is 0.191 e. The number of ether oxygens (including phenoxy) is 3. The van der Waals surface area contributed by atoms with Gasteiger partial charge in [0, 0.05) is 0 Å². The molecular weight excluding hydrogens is 200 g/mol. The van der Waals surface area contributed by atoms with E-state index < -0.39 is 29.9 Å². The van der Waals surface area contributed by atoms with E-state index in [4.69, 9.17) is 19.3 Å². The molecule has 15 heavy (non-hydrogen) atoms. The summed E-state index contributed by atoms with van der Waals surface area (Å²) >= 11 is 0. The summed E-state index contributed by atoms with van der Waals surface area (Å²) in [4.78, 5) is 0. The summed E-state index contributed by atoms with van der Waals surface area (Å²) < 4.78 is 16.3. The summed E-state index contributed by atoms with van der Waals surface area (Å²) in [6, 6.07) is 0. The number of rotatable bonds is 2. The Morgan fingerprint density at radius 2 is 2.07 bits per heavy atom. The summed E-state index contributed by atoms with van der Waals surface area (Å²) in [5.41, 5.74) is -1.40. The lowest BCUT2D eigenvalue weighted by atomic mass is 9.93. The van der Waals surface area contributed by atoms with Crippen molar-refractivity contribution in [2.75, 3.05) is 6.61 Å². The average molecular weight is 216 g/mol. The summed E-state index contributed by atoms with van der Waals surface area (Å²) in [7, 11) is 0. The van der Waals surface area contributed by atoms with Crippen LogP contribution in [0, 0.1) is 0 Å². The molecule has 0 spiro atoms. The Hall–Kier alpha value is -0.460. The number of fused-ring (bicyclic) bond motifs is 1. The van der Waals surface area contributed by atoms with Gasteiger partial charge in [-0.05, 0) is 13.8 Å². The van der Waals surface area contributed by atoms with Crippen LogP contribution in [0.3, 0.4) is 0 Å². The van der Waals surface area contributed by atoms with Crippen LogP contribution < -0.4 is 0 Å². The van der Waals surface area contributed by atoms with Crippen LogP contribution in [0.2, 0.25) is 0 Å². The standard InChI is InChI=1S/C10H16O5/c1-4-10(12)6(5-11)13-8-7(10)14-9(2,3)15-8/h4,6-8,11-12H,1,5H2,2-3H3/t6-,7+,8?,10-/m1/s1. The van der Waals surface area contributed by atoms with Crippen LogP contribution in [0.1, 0.15) is 13.8 Å². The molecule has 2 saturated heterocycles. The van der Waals surface area contributed by atoms with Gasteiger partial charge in [0.05, 0.1) is 6.61 Å². The second kappa shape index (κ2) is 3.26. The largest absolute Gasteiger partial charge is 0.394 e. The number of hydrogen-bond acceptors (Lipinski definition) is 5. The SMILES string of the molecule is C=C[C@@]1(O)[C@@H](CO)OC2OC(C)(C)O[C@@H]21. The summed E-state index contributed by atoms with van der Waals surface area (Å²) in [6.45, 7) is 6.73. The smallest absolute Gasteiger partial charge is 0.191 e. The zero-order valence-corrected chi connectivity index (χ0v) is 8.84. The van der Waals surface area contributed by atoms with Gasteiger partial charge < -0.3 is 24.4 Å². The lowest BCUT2D eigenvalue weighted by Gasteiger charge is -2.29. The van der Waals surface area contributed by atoms with Crippen molar-refractivity contribution in [3.63, 3.8) is 0 Å². The molecule has 0 radical (unpaired) electrons. The van der Waals surface area contributed by atoms with Crippen LogP contribution in [-0.2, 0) is 14.2 Å². The third-order valence-corrected chi connectivity index (χ3v) is 2.82. The Kier molecular flexibility index (Phi) is 2.40. The van der Waals surface area contributed by atoms with E-state index in [1.807, 2.05) is 0 Å². The first kappa shape index (κ1) is 11.0. The van der Waals surface area contributed by atoms with Gasteiger partial charge in [-0.15, -0.1) is 6.58 Å². The van der Waals surface area contributed by atoms with E-state index in [1.165, 1.54) is 6.08 Å². The normalized spacial score (nSPS) is 47.9. The topological polar surface area (TPSA) is 68.2 Å². The van der Waals surface area contributed by atoms with Crippen LogP contribution in [0.5, 0.6) is 0 Å². The van der Waals surface area contributed by atoms with Crippen molar-refractivity contribution in [2.45, 2.75) is 43.7 Å². The minimum absolute atomic E-state index is 0.303. The van der Waals surface area contributed by atoms with Crippen LogP contribution in [0.25, 0.3) is 0 Å². The molecule has 5 heteroatoms. The van der Waals surface area contributed by atoms with Gasteiger partial charge in [0.1, 0.15) is 17.8 Å². The molecule has 2 aliphatic heterocycles. The predicted molar refractivity (Wildman–Crippen MR) is 50.9 cm³/mol. The molecule has 2 rings (SSSR count). The molecule has 0 saturated carbocycles. The van der Waals surface area contributed by atoms with Crippen LogP contribution in [0.4, 0.5) is 0 Å². The van der Waals surface area contributed by atoms with Gasteiger partial charge in [-0.25, -0.2) is 0 Å². The molecule has 2 fully saturated rings. The zero-order valence-electron chi connectivity index (χ0n) is 8.84. The zero-order chi connectivity index (χ0) is 11.3. The lowest BCUT2D eigenvalue weighted by molar-refractivity contribution is -0.227. The van der Waals surface area contributed by atoms with E-state index in [9.17, 15) is 5.11 Å². The van der Waals surface area contributed by atoms with Crippen LogP contribution in [0.15, 0.2) is 12.7 Å². The highest BCUT2D eigenvalue weighted by Crippen LogP contribution is 2.43. The highest BCUT2D eigenvalue weighted by Gasteiger charge is 2.61. The predicted octanol–water partition coefficient (Wildman–Crippen LogP) is -0.228. The molecule has 2 N–H and O–H groups in total. The Balaban J connectivity index is 2.25. The highest BCUT2D eigenvalue weighted by molar-refractivity contribution is 5.14. The van der Waals surface area contributed by atoms with Crippen molar-refractivity contribution in [3.8, 4) is 0 Å². The molecule has 2 aliphatic rings. The Labute approximate surface area is 88.3 Å². The average Bonchev–Trinajstić information content (AvgIpc) is 2.60. The van der Waals surface area contributed by atoms with Crippen molar-refractivity contribution in [2.24, 2.45) is 0 Å². The molecule has 2 heterocycles. The fraction of sp³-hybridized carbons (Fsp3) is 0.800. The summed E-state index contributed by atoms with van der Waals surface area (Å²) in [6.07, 6.45) is -0.702. The van der Waals surface area contributed by atoms with Crippen molar-refractivity contribution < 1.29 is 24.4 Å². The summed E-state index contributed by atoms with van der Waals surface area (Å²) in [5, 5.41) is 19.3. The first-order valence-electron chi connectivity index (χ1n) is 4.91. The number of aliphatic hydroxyl groups excluding tert-OH is 1. The Morgan fingerprint density at radius 1 is 1.40 bits per heavy atom. The fourth-order valence-corrected chi connectivity index (χ4v) is 2.03. The Morgan fingerprint density at radius 3 is 2.60 bits per heavy atom. The number of aliphatic hydroxyl groups is 2. The van der Waals surface area contributed by atoms with Crippen molar-refractivity contribution in [3.05, 3.63) is 12.7 Å². The van der Waals surface area contributed by atoms with Crippen molar-refractivity contribution in [1.82, 2.24) is 0 Å². The van der Waals surface area contributed by atoms with E-state index in [0.29, 0.717) is 0 Å². The first-order chi connectivity index (χ1) is 6.93. The fourth-order valence-electron chi connectivity index (χ4n) is 2.03. The highest BCUT2D eigenvalue weighted by atomic mass is 16.8. The van der Waals surface area contributed by atoms with Gasteiger partial charge in [-0.1, -0.05) is 6.08 Å². The van der Waals surface area contributed by atoms with Crippen molar-refractivity contribution >= 4 is 0 Å². The van der Waals surface area contributed by atoms with E-state index in [2.05, 4.69) is 6.58 Å². The summed E-state index contributed by atoms with van der Waals surface area (Å²) in [5.74, 6) is -0.785. The number of hydrogen-bond donors (Lipinski definition) is 2. The minimum atomic E-state index is -1.40.